The van der Waals surface area contributed by atoms with Gasteiger partial charge in [0.25, 0.3) is 0 Å². The van der Waals surface area contributed by atoms with Gasteiger partial charge < -0.3 is 0 Å². The van der Waals surface area contributed by atoms with Crippen molar-refractivity contribution in [3.63, 3.8) is 0 Å². The first-order valence-electron chi connectivity index (χ1n) is 5.32. The Bertz CT molecular complexity index is 379. The fourth-order valence-electron chi connectivity index (χ4n) is 1.03. The number of aromatic nitrogens is 2. The quantitative estimate of drug-likeness (QED) is 0.576. The van der Waals surface area contributed by atoms with Gasteiger partial charge in [-0.15, -0.1) is 0 Å². The molecule has 0 aliphatic rings. The van der Waals surface area contributed by atoms with E-state index in [2.05, 4.69) is 21.5 Å². The number of allylic oxidation sites excluding steroid dienone is 3. The van der Waals surface area contributed by atoms with Crippen molar-refractivity contribution in [2.75, 3.05) is 7.05 Å². The first-order chi connectivity index (χ1) is 7.77. The van der Waals surface area contributed by atoms with Crippen LogP contribution in [0.25, 0.3) is 5.57 Å². The molecule has 1 heterocycles. The SMILES string of the molecule is C=C/C(=C\C=NC)c1cc(C)ncn1.CC. The maximum atomic E-state index is 4.15. The van der Waals surface area contributed by atoms with E-state index in [0.29, 0.717) is 0 Å². The van der Waals surface area contributed by atoms with Crippen LogP contribution in [-0.4, -0.2) is 23.2 Å². The third-order valence-electron chi connectivity index (χ3n) is 1.72. The Kier molecular flexibility index (Phi) is 7.59. The van der Waals surface area contributed by atoms with Crippen LogP contribution in [0.2, 0.25) is 0 Å². The Labute approximate surface area is 97.7 Å². The van der Waals surface area contributed by atoms with E-state index >= 15 is 0 Å². The van der Waals surface area contributed by atoms with E-state index in [1.54, 1.807) is 25.7 Å². The molecule has 0 saturated carbocycles. The summed E-state index contributed by atoms with van der Waals surface area (Å²) in [5.74, 6) is 0. The summed E-state index contributed by atoms with van der Waals surface area (Å²) in [6.07, 6.45) is 6.89. The number of hydrogen-bond donors (Lipinski definition) is 0. The van der Waals surface area contributed by atoms with Crippen LogP contribution in [-0.2, 0) is 0 Å². The second-order valence-electron chi connectivity index (χ2n) is 2.78. The zero-order chi connectivity index (χ0) is 12.4. The van der Waals surface area contributed by atoms with E-state index in [1.165, 1.54) is 0 Å². The van der Waals surface area contributed by atoms with Crippen LogP contribution >= 0.6 is 0 Å². The molecule has 0 radical (unpaired) electrons. The Morgan fingerprint density at radius 2 is 2.06 bits per heavy atom. The third-order valence-corrected chi connectivity index (χ3v) is 1.72. The van der Waals surface area contributed by atoms with Gasteiger partial charge in [0.15, 0.2) is 0 Å². The summed E-state index contributed by atoms with van der Waals surface area (Å²) in [6.45, 7) is 9.66. The largest absolute Gasteiger partial charge is 0.296 e. The summed E-state index contributed by atoms with van der Waals surface area (Å²) in [4.78, 5) is 12.1. The van der Waals surface area contributed by atoms with Crippen LogP contribution in [0.4, 0.5) is 0 Å². The number of nitrogens with zero attached hydrogens (tertiary/aromatic N) is 3. The smallest absolute Gasteiger partial charge is 0.116 e. The van der Waals surface area contributed by atoms with E-state index in [0.717, 1.165) is 17.0 Å². The van der Waals surface area contributed by atoms with Crippen LogP contribution < -0.4 is 0 Å². The van der Waals surface area contributed by atoms with Crippen molar-refractivity contribution in [3.8, 4) is 0 Å². The fraction of sp³-hybridized carbons (Fsp3) is 0.308. The summed E-state index contributed by atoms with van der Waals surface area (Å²) in [6, 6.07) is 1.91. The van der Waals surface area contributed by atoms with Crippen LogP contribution in [0.5, 0.6) is 0 Å². The van der Waals surface area contributed by atoms with Gasteiger partial charge in [0.2, 0.25) is 0 Å². The molecule has 0 N–H and O–H groups in total. The lowest BCUT2D eigenvalue weighted by Gasteiger charge is -2.00. The maximum Gasteiger partial charge on any atom is 0.116 e. The average Bonchev–Trinajstić information content (AvgIpc) is 2.33. The molecule has 0 aliphatic carbocycles. The number of hydrogen-bond acceptors (Lipinski definition) is 3. The van der Waals surface area contributed by atoms with E-state index in [-0.39, 0.29) is 0 Å². The zero-order valence-electron chi connectivity index (χ0n) is 10.4. The molecular formula is C13H19N3. The molecular weight excluding hydrogens is 198 g/mol. The topological polar surface area (TPSA) is 38.1 Å². The molecule has 0 fully saturated rings. The fourth-order valence-corrected chi connectivity index (χ4v) is 1.03. The van der Waals surface area contributed by atoms with E-state index in [9.17, 15) is 0 Å². The summed E-state index contributed by atoms with van der Waals surface area (Å²) in [5, 5.41) is 0. The lowest BCUT2D eigenvalue weighted by Crippen LogP contribution is -1.90. The van der Waals surface area contributed by atoms with Crippen molar-refractivity contribution >= 4 is 11.8 Å². The van der Waals surface area contributed by atoms with E-state index in [1.807, 2.05) is 32.9 Å². The second-order valence-corrected chi connectivity index (χ2v) is 2.78. The lowest BCUT2D eigenvalue weighted by atomic mass is 10.1. The van der Waals surface area contributed by atoms with Crippen molar-refractivity contribution < 1.29 is 0 Å². The van der Waals surface area contributed by atoms with Gasteiger partial charge in [-0.2, -0.15) is 0 Å². The van der Waals surface area contributed by atoms with Crippen molar-refractivity contribution in [1.82, 2.24) is 9.97 Å². The van der Waals surface area contributed by atoms with Crippen molar-refractivity contribution in [1.29, 1.82) is 0 Å². The van der Waals surface area contributed by atoms with Crippen LogP contribution in [0.3, 0.4) is 0 Å². The Hall–Kier alpha value is -1.77. The van der Waals surface area contributed by atoms with Gasteiger partial charge in [0.05, 0.1) is 5.69 Å². The highest BCUT2D eigenvalue weighted by molar-refractivity contribution is 5.87. The number of aliphatic imine (C=N–C) groups is 1. The molecule has 3 nitrogen and oxygen atoms in total. The van der Waals surface area contributed by atoms with Gasteiger partial charge in [0.1, 0.15) is 6.33 Å². The molecule has 0 aromatic carbocycles. The highest BCUT2D eigenvalue weighted by Crippen LogP contribution is 2.11. The molecule has 0 atom stereocenters. The second kappa shape index (κ2) is 8.53. The van der Waals surface area contributed by atoms with Crippen molar-refractivity contribution in [3.05, 3.63) is 42.5 Å². The highest BCUT2D eigenvalue weighted by atomic mass is 14.8. The number of rotatable bonds is 3. The predicted octanol–water partition coefficient (Wildman–Crippen LogP) is 3.08. The van der Waals surface area contributed by atoms with Crippen LogP contribution in [0.15, 0.2) is 36.1 Å². The van der Waals surface area contributed by atoms with E-state index in [4.69, 9.17) is 0 Å². The molecule has 1 rings (SSSR count). The molecule has 0 aliphatic heterocycles. The average molecular weight is 217 g/mol. The normalized spacial score (nSPS) is 10.9. The Morgan fingerprint density at radius 3 is 2.56 bits per heavy atom. The first-order valence-corrected chi connectivity index (χ1v) is 5.32. The van der Waals surface area contributed by atoms with Gasteiger partial charge in [-0.25, -0.2) is 9.97 Å². The molecule has 1 aromatic rings. The monoisotopic (exact) mass is 217 g/mol. The van der Waals surface area contributed by atoms with Gasteiger partial charge >= 0.3 is 0 Å². The molecule has 0 amide bonds. The summed E-state index contributed by atoms with van der Waals surface area (Å²) in [7, 11) is 1.72. The van der Waals surface area contributed by atoms with Gasteiger partial charge in [-0.3, -0.25) is 4.99 Å². The van der Waals surface area contributed by atoms with Crippen LogP contribution in [0.1, 0.15) is 25.2 Å². The molecule has 86 valence electrons. The summed E-state index contributed by atoms with van der Waals surface area (Å²) >= 11 is 0. The molecule has 3 heteroatoms. The Morgan fingerprint density at radius 1 is 1.38 bits per heavy atom. The first kappa shape index (κ1) is 14.2. The van der Waals surface area contributed by atoms with Crippen molar-refractivity contribution in [2.45, 2.75) is 20.8 Å². The lowest BCUT2D eigenvalue weighted by molar-refractivity contribution is 1.08. The molecule has 1 aromatic heterocycles. The highest BCUT2D eigenvalue weighted by Gasteiger charge is 1.98. The maximum absolute atomic E-state index is 4.15. The Balaban J connectivity index is 0.00000106. The number of aryl methyl sites for hydroxylation is 1. The molecule has 16 heavy (non-hydrogen) atoms. The standard InChI is InChI=1S/C11H13N3.C2H6/c1-4-10(5-6-12-3)11-7-9(2)13-8-14-11;1-2/h4-8H,1H2,2-3H3;1-2H3/b10-5+,12-6?;. The minimum Gasteiger partial charge on any atom is -0.296 e. The molecule has 0 saturated heterocycles. The summed E-state index contributed by atoms with van der Waals surface area (Å²) < 4.78 is 0. The predicted molar refractivity (Wildman–Crippen MR) is 70.7 cm³/mol. The van der Waals surface area contributed by atoms with Gasteiger partial charge in [-0.05, 0) is 19.1 Å². The third kappa shape index (κ3) is 4.64. The van der Waals surface area contributed by atoms with Gasteiger partial charge in [0, 0.05) is 24.5 Å². The van der Waals surface area contributed by atoms with Gasteiger partial charge in [-0.1, -0.05) is 26.5 Å². The zero-order valence-corrected chi connectivity index (χ0v) is 10.4. The van der Waals surface area contributed by atoms with Crippen LogP contribution in [0, 0.1) is 6.92 Å². The van der Waals surface area contributed by atoms with Crippen molar-refractivity contribution in [2.24, 2.45) is 4.99 Å². The van der Waals surface area contributed by atoms with E-state index < -0.39 is 0 Å². The molecule has 0 bridgehead atoms. The minimum absolute atomic E-state index is 0.868. The molecule has 0 unspecified atom stereocenters. The molecule has 0 spiro atoms. The summed E-state index contributed by atoms with van der Waals surface area (Å²) in [5.41, 5.74) is 2.75. The minimum atomic E-state index is 0.868.